The monoisotopic (exact) mass is 296 g/mol. The number of carbonyl (C=O) groups is 1. The van der Waals surface area contributed by atoms with Crippen molar-refractivity contribution in [2.45, 2.75) is 24.7 Å². The maximum atomic E-state index is 12.3. The summed E-state index contributed by atoms with van der Waals surface area (Å²) in [5.74, 6) is -0.346. The number of hydrogen-bond acceptors (Lipinski definition) is 3. The summed E-state index contributed by atoms with van der Waals surface area (Å²) >= 11 is 0. The van der Waals surface area contributed by atoms with E-state index in [1.54, 1.807) is 32.2 Å². The van der Waals surface area contributed by atoms with Gasteiger partial charge in [0.05, 0.1) is 10.5 Å². The van der Waals surface area contributed by atoms with E-state index >= 15 is 0 Å². The van der Waals surface area contributed by atoms with Gasteiger partial charge in [-0.1, -0.05) is 17.7 Å². The van der Waals surface area contributed by atoms with E-state index in [-0.39, 0.29) is 16.4 Å². The fourth-order valence-corrected chi connectivity index (χ4v) is 2.55. The predicted octanol–water partition coefficient (Wildman–Crippen LogP) is 1.68. The number of nitrogens with zero attached hydrogens (tertiary/aromatic N) is 1. The van der Waals surface area contributed by atoms with Gasteiger partial charge in [0.1, 0.15) is 0 Å². The van der Waals surface area contributed by atoms with Crippen molar-refractivity contribution in [3.8, 4) is 0 Å². The van der Waals surface area contributed by atoms with E-state index in [4.69, 9.17) is 5.14 Å². The van der Waals surface area contributed by atoms with Crippen LogP contribution in [0.2, 0.25) is 0 Å². The van der Waals surface area contributed by atoms with Crippen LogP contribution in [0.1, 0.15) is 28.8 Å². The minimum atomic E-state index is -3.92. The second kappa shape index (κ2) is 6.67. The number of carbonyl (C=O) groups excluding carboxylic acids is 1. The summed E-state index contributed by atoms with van der Waals surface area (Å²) in [7, 11) is -2.28. The van der Waals surface area contributed by atoms with Gasteiger partial charge in [-0.2, -0.15) is 0 Å². The van der Waals surface area contributed by atoms with Gasteiger partial charge in [0.25, 0.3) is 5.91 Å². The van der Waals surface area contributed by atoms with E-state index in [9.17, 15) is 13.2 Å². The maximum Gasteiger partial charge on any atom is 0.254 e. The zero-order valence-corrected chi connectivity index (χ0v) is 12.6. The summed E-state index contributed by atoms with van der Waals surface area (Å²) in [6.45, 7) is 5.94. The Morgan fingerprint density at radius 1 is 1.45 bits per heavy atom. The fraction of sp³-hybridized carbons (Fsp3) is 0.357. The number of primary sulfonamides is 1. The maximum absolute atomic E-state index is 12.3. The normalized spacial score (nSPS) is 11.2. The fourth-order valence-electron chi connectivity index (χ4n) is 1.84. The summed E-state index contributed by atoms with van der Waals surface area (Å²) in [4.78, 5) is 13.7. The first kappa shape index (κ1) is 16.4. The summed E-state index contributed by atoms with van der Waals surface area (Å²) in [5, 5.41) is 5.16. The quantitative estimate of drug-likeness (QED) is 0.640. The highest BCUT2D eigenvalue weighted by Gasteiger charge is 2.21. The molecule has 0 aliphatic carbocycles. The first-order valence-electron chi connectivity index (χ1n) is 6.27. The van der Waals surface area contributed by atoms with Crippen LogP contribution in [0.25, 0.3) is 0 Å². The van der Waals surface area contributed by atoms with Crippen LogP contribution in [0.15, 0.2) is 35.7 Å². The molecule has 6 heteroatoms. The lowest BCUT2D eigenvalue weighted by Gasteiger charge is -2.18. The van der Waals surface area contributed by atoms with Crippen molar-refractivity contribution in [2.75, 3.05) is 13.6 Å². The van der Waals surface area contributed by atoms with Gasteiger partial charge in [-0.25, -0.2) is 13.6 Å². The third kappa shape index (κ3) is 4.18. The molecule has 0 aromatic heterocycles. The van der Waals surface area contributed by atoms with Crippen LogP contribution in [0, 0.1) is 6.92 Å². The van der Waals surface area contributed by atoms with Crippen LogP contribution < -0.4 is 5.14 Å². The van der Waals surface area contributed by atoms with Gasteiger partial charge < -0.3 is 4.90 Å². The Bertz CT molecular complexity index is 609. The van der Waals surface area contributed by atoms with E-state index < -0.39 is 10.0 Å². The molecule has 1 rings (SSSR count). The second-order valence-corrected chi connectivity index (χ2v) is 6.23. The predicted molar refractivity (Wildman–Crippen MR) is 78.9 cm³/mol. The zero-order chi connectivity index (χ0) is 15.3. The molecule has 0 heterocycles. The largest absolute Gasteiger partial charge is 0.342 e. The Morgan fingerprint density at radius 2 is 2.10 bits per heavy atom. The lowest BCUT2D eigenvalue weighted by Crippen LogP contribution is -2.30. The number of amides is 1. The smallest absolute Gasteiger partial charge is 0.254 e. The summed E-state index contributed by atoms with van der Waals surface area (Å²) < 4.78 is 23.1. The van der Waals surface area contributed by atoms with Crippen molar-refractivity contribution >= 4 is 15.9 Å². The molecule has 0 bridgehead atoms. The molecule has 20 heavy (non-hydrogen) atoms. The van der Waals surface area contributed by atoms with Crippen molar-refractivity contribution < 1.29 is 13.2 Å². The lowest BCUT2D eigenvalue weighted by atomic mass is 10.1. The second-order valence-electron chi connectivity index (χ2n) is 4.70. The first-order valence-corrected chi connectivity index (χ1v) is 7.82. The third-order valence-corrected chi connectivity index (χ3v) is 3.89. The molecule has 0 saturated heterocycles. The van der Waals surface area contributed by atoms with E-state index in [1.165, 1.54) is 11.0 Å². The molecule has 0 spiro atoms. The van der Waals surface area contributed by atoms with E-state index in [0.29, 0.717) is 6.54 Å². The van der Waals surface area contributed by atoms with Gasteiger partial charge in [0.15, 0.2) is 0 Å². The molecule has 0 saturated carbocycles. The molecule has 0 atom stereocenters. The summed E-state index contributed by atoms with van der Waals surface area (Å²) in [6, 6.07) is 4.54. The summed E-state index contributed by atoms with van der Waals surface area (Å²) in [6.07, 6.45) is 3.36. The average molecular weight is 296 g/mol. The number of sulfonamides is 1. The molecular formula is C14H20N2O3S. The van der Waals surface area contributed by atoms with Crippen LogP contribution in [-0.2, 0) is 10.0 Å². The van der Waals surface area contributed by atoms with Crippen molar-refractivity contribution in [3.63, 3.8) is 0 Å². The molecule has 1 aromatic carbocycles. The zero-order valence-electron chi connectivity index (χ0n) is 11.8. The van der Waals surface area contributed by atoms with Crippen molar-refractivity contribution in [2.24, 2.45) is 5.14 Å². The van der Waals surface area contributed by atoms with Gasteiger partial charge in [-0.3, -0.25) is 4.79 Å². The molecule has 0 aliphatic rings. The molecule has 0 unspecified atom stereocenters. The Morgan fingerprint density at radius 3 is 2.65 bits per heavy atom. The van der Waals surface area contributed by atoms with E-state index in [1.807, 2.05) is 0 Å². The SMILES string of the molecule is C=CCCCN(C)C(=O)c1cc(C)ccc1S(N)(=O)=O. The molecule has 0 fully saturated rings. The Balaban J connectivity index is 3.08. The average Bonchev–Trinajstić information content (AvgIpc) is 2.36. The van der Waals surface area contributed by atoms with Gasteiger partial charge >= 0.3 is 0 Å². The van der Waals surface area contributed by atoms with Crippen LogP contribution >= 0.6 is 0 Å². The van der Waals surface area contributed by atoms with Crippen LogP contribution in [0.5, 0.6) is 0 Å². The number of rotatable bonds is 6. The highest BCUT2D eigenvalue weighted by molar-refractivity contribution is 7.89. The number of benzene rings is 1. The molecule has 2 N–H and O–H groups in total. The number of allylic oxidation sites excluding steroid dienone is 1. The minimum Gasteiger partial charge on any atom is -0.342 e. The molecule has 1 aromatic rings. The van der Waals surface area contributed by atoms with Gasteiger partial charge in [-0.05, 0) is 31.9 Å². The van der Waals surface area contributed by atoms with Crippen LogP contribution in [0.4, 0.5) is 0 Å². The van der Waals surface area contributed by atoms with Gasteiger partial charge in [-0.15, -0.1) is 6.58 Å². The molecule has 110 valence electrons. The number of aryl methyl sites for hydroxylation is 1. The van der Waals surface area contributed by atoms with Crippen molar-refractivity contribution in [1.29, 1.82) is 0 Å². The topological polar surface area (TPSA) is 80.5 Å². The number of unbranched alkanes of at least 4 members (excludes halogenated alkanes) is 1. The highest BCUT2D eigenvalue weighted by atomic mass is 32.2. The Kier molecular flexibility index (Phi) is 5.47. The molecular weight excluding hydrogens is 276 g/mol. The highest BCUT2D eigenvalue weighted by Crippen LogP contribution is 2.18. The third-order valence-electron chi connectivity index (χ3n) is 2.92. The van der Waals surface area contributed by atoms with Crippen LogP contribution in [0.3, 0.4) is 0 Å². The van der Waals surface area contributed by atoms with Crippen molar-refractivity contribution in [3.05, 3.63) is 42.0 Å². The standard InChI is InChI=1S/C14H20N2O3S/c1-4-5-6-9-16(3)14(17)12-10-11(2)7-8-13(12)20(15,18)19/h4,7-8,10H,1,5-6,9H2,2-3H3,(H2,15,18,19). The number of nitrogens with two attached hydrogens (primary N) is 1. The van der Waals surface area contributed by atoms with Crippen molar-refractivity contribution in [1.82, 2.24) is 4.90 Å². The Labute approximate surface area is 120 Å². The lowest BCUT2D eigenvalue weighted by molar-refractivity contribution is 0.0790. The first-order chi connectivity index (χ1) is 9.27. The summed E-state index contributed by atoms with van der Waals surface area (Å²) in [5.41, 5.74) is 0.925. The number of hydrogen-bond donors (Lipinski definition) is 1. The van der Waals surface area contributed by atoms with Gasteiger partial charge in [0.2, 0.25) is 10.0 Å². The molecule has 0 radical (unpaired) electrons. The van der Waals surface area contributed by atoms with Gasteiger partial charge in [0, 0.05) is 13.6 Å². The molecule has 5 nitrogen and oxygen atoms in total. The minimum absolute atomic E-state index is 0.119. The van der Waals surface area contributed by atoms with Crippen LogP contribution in [-0.4, -0.2) is 32.8 Å². The van der Waals surface area contributed by atoms with E-state index in [2.05, 4.69) is 6.58 Å². The Hall–Kier alpha value is -1.66. The van der Waals surface area contributed by atoms with E-state index in [0.717, 1.165) is 18.4 Å². The molecule has 1 amide bonds. The molecule has 0 aliphatic heterocycles.